The van der Waals surface area contributed by atoms with Gasteiger partial charge in [-0.1, -0.05) is 6.07 Å². The Labute approximate surface area is 114 Å². The van der Waals surface area contributed by atoms with Crippen molar-refractivity contribution in [1.29, 1.82) is 0 Å². The van der Waals surface area contributed by atoms with Gasteiger partial charge < -0.3 is 5.11 Å². The van der Waals surface area contributed by atoms with E-state index >= 15 is 0 Å². The van der Waals surface area contributed by atoms with Gasteiger partial charge in [0, 0.05) is 19.0 Å². The number of hydrazine groups is 1. The molecule has 2 rings (SSSR count). The summed E-state index contributed by atoms with van der Waals surface area (Å²) in [5.41, 5.74) is -0.631. The molecule has 1 aliphatic rings. The van der Waals surface area contributed by atoms with E-state index in [9.17, 15) is 18.0 Å². The predicted octanol–water partition coefficient (Wildman–Crippen LogP) is 2.04. The van der Waals surface area contributed by atoms with Crippen LogP contribution in [0.3, 0.4) is 0 Å². The smallest absolute Gasteiger partial charge is 0.395 e. The number of carbonyl (C=O) groups excluding carboxylic acids is 1. The lowest BCUT2D eigenvalue weighted by Crippen LogP contribution is -2.43. The second kappa shape index (κ2) is 5.41. The van der Waals surface area contributed by atoms with Crippen LogP contribution in [0.2, 0.25) is 0 Å². The third-order valence-corrected chi connectivity index (χ3v) is 3.22. The minimum atomic E-state index is -4.45. The van der Waals surface area contributed by atoms with E-state index in [4.69, 9.17) is 5.11 Å². The van der Waals surface area contributed by atoms with Crippen molar-refractivity contribution in [3.05, 3.63) is 29.8 Å². The summed E-state index contributed by atoms with van der Waals surface area (Å²) in [7, 11) is 0. The molecule has 20 heavy (non-hydrogen) atoms. The Balaban J connectivity index is 2.36. The van der Waals surface area contributed by atoms with E-state index in [-0.39, 0.29) is 37.2 Å². The number of anilines is 1. The number of halogens is 3. The molecule has 1 atom stereocenters. The number of aliphatic hydroxyl groups excluding tert-OH is 1. The Morgan fingerprint density at radius 3 is 2.70 bits per heavy atom. The van der Waals surface area contributed by atoms with Crippen molar-refractivity contribution in [2.24, 2.45) is 0 Å². The summed E-state index contributed by atoms with van der Waals surface area (Å²) in [5, 5.41) is 11.8. The van der Waals surface area contributed by atoms with E-state index in [1.54, 1.807) is 11.9 Å². The molecule has 110 valence electrons. The summed E-state index contributed by atoms with van der Waals surface area (Å²) in [5.74, 6) is -0.273. The lowest BCUT2D eigenvalue weighted by Gasteiger charge is -2.30. The standard InChI is InChI=1S/C13H15F3N2O2/c1-9-7-12(20)18(17(9)5-6-19)11-4-2-3-10(8-11)13(14,15)16/h2-4,8-9,19H,5-7H2,1H3. The molecule has 4 nitrogen and oxygen atoms in total. The second-order valence-electron chi connectivity index (χ2n) is 4.69. The summed E-state index contributed by atoms with van der Waals surface area (Å²) < 4.78 is 38.2. The molecular weight excluding hydrogens is 273 g/mol. The van der Waals surface area contributed by atoms with E-state index in [1.165, 1.54) is 17.1 Å². The van der Waals surface area contributed by atoms with Gasteiger partial charge in [0.2, 0.25) is 5.91 Å². The molecule has 0 radical (unpaired) electrons. The molecule has 0 aliphatic carbocycles. The number of β-amino-alcohol motifs (C(OH)–C–C–N with tert-alkyl or cyclic N) is 1. The molecule has 1 aliphatic heterocycles. The van der Waals surface area contributed by atoms with Crippen molar-refractivity contribution in [3.8, 4) is 0 Å². The molecule has 1 aromatic rings. The molecule has 1 aromatic carbocycles. The van der Waals surface area contributed by atoms with Crippen LogP contribution in [0.25, 0.3) is 0 Å². The van der Waals surface area contributed by atoms with E-state index in [0.29, 0.717) is 0 Å². The Morgan fingerprint density at radius 2 is 2.10 bits per heavy atom. The average Bonchev–Trinajstić information content (AvgIpc) is 2.64. The maximum atomic E-state index is 12.7. The van der Waals surface area contributed by atoms with Gasteiger partial charge in [-0.3, -0.25) is 4.79 Å². The van der Waals surface area contributed by atoms with Crippen molar-refractivity contribution >= 4 is 11.6 Å². The largest absolute Gasteiger partial charge is 0.416 e. The van der Waals surface area contributed by atoms with Crippen LogP contribution in [0.1, 0.15) is 18.9 Å². The van der Waals surface area contributed by atoms with Crippen LogP contribution in [0, 0.1) is 0 Å². The third-order valence-electron chi connectivity index (χ3n) is 3.22. The zero-order chi connectivity index (χ0) is 14.9. The zero-order valence-electron chi connectivity index (χ0n) is 10.9. The number of hydrogen-bond donors (Lipinski definition) is 1. The van der Waals surface area contributed by atoms with Gasteiger partial charge in [0.15, 0.2) is 0 Å². The number of aliphatic hydroxyl groups is 1. The van der Waals surface area contributed by atoms with Crippen LogP contribution in [-0.2, 0) is 11.0 Å². The summed E-state index contributed by atoms with van der Waals surface area (Å²) >= 11 is 0. The van der Waals surface area contributed by atoms with Crippen molar-refractivity contribution in [3.63, 3.8) is 0 Å². The van der Waals surface area contributed by atoms with Gasteiger partial charge in [-0.2, -0.15) is 13.2 Å². The van der Waals surface area contributed by atoms with Gasteiger partial charge >= 0.3 is 6.18 Å². The summed E-state index contributed by atoms with van der Waals surface area (Å²) in [6.45, 7) is 1.82. The first-order chi connectivity index (χ1) is 9.34. The fraction of sp³-hybridized carbons (Fsp3) is 0.462. The number of alkyl halides is 3. The molecule has 1 heterocycles. The Kier molecular flexibility index (Phi) is 4.01. The van der Waals surface area contributed by atoms with Crippen molar-refractivity contribution in [2.75, 3.05) is 18.2 Å². The Bertz CT molecular complexity index is 505. The normalized spacial score (nSPS) is 20.8. The van der Waals surface area contributed by atoms with Crippen molar-refractivity contribution in [1.82, 2.24) is 5.01 Å². The number of carbonyl (C=O) groups is 1. The monoisotopic (exact) mass is 288 g/mol. The van der Waals surface area contributed by atoms with Gasteiger partial charge in [0.25, 0.3) is 0 Å². The first-order valence-corrected chi connectivity index (χ1v) is 6.22. The van der Waals surface area contributed by atoms with Crippen LogP contribution in [0.4, 0.5) is 18.9 Å². The first kappa shape index (κ1) is 14.8. The van der Waals surface area contributed by atoms with Gasteiger partial charge in [-0.25, -0.2) is 10.0 Å². The molecule has 1 amide bonds. The molecule has 1 saturated heterocycles. The topological polar surface area (TPSA) is 43.8 Å². The Hall–Kier alpha value is -1.60. The highest BCUT2D eigenvalue weighted by Crippen LogP contribution is 2.33. The van der Waals surface area contributed by atoms with Gasteiger partial charge in [0.05, 0.1) is 17.9 Å². The van der Waals surface area contributed by atoms with Gasteiger partial charge in [-0.05, 0) is 25.1 Å². The fourth-order valence-electron chi connectivity index (χ4n) is 2.31. The molecule has 0 saturated carbocycles. The number of benzene rings is 1. The predicted molar refractivity (Wildman–Crippen MR) is 66.8 cm³/mol. The quantitative estimate of drug-likeness (QED) is 0.925. The fourth-order valence-corrected chi connectivity index (χ4v) is 2.31. The first-order valence-electron chi connectivity index (χ1n) is 6.22. The van der Waals surface area contributed by atoms with E-state index in [2.05, 4.69) is 0 Å². The van der Waals surface area contributed by atoms with Crippen LogP contribution in [0.15, 0.2) is 24.3 Å². The van der Waals surface area contributed by atoms with Crippen molar-refractivity contribution < 1.29 is 23.1 Å². The molecule has 7 heteroatoms. The SMILES string of the molecule is CC1CC(=O)N(c2cccc(C(F)(F)F)c2)N1CCO. The minimum absolute atomic E-state index is 0.149. The van der Waals surface area contributed by atoms with Gasteiger partial charge in [0.1, 0.15) is 0 Å². The van der Waals surface area contributed by atoms with Crippen molar-refractivity contribution in [2.45, 2.75) is 25.6 Å². The molecule has 1 N–H and O–H groups in total. The number of hydrogen-bond acceptors (Lipinski definition) is 3. The van der Waals surface area contributed by atoms with Crippen LogP contribution in [0.5, 0.6) is 0 Å². The molecule has 0 spiro atoms. The highest BCUT2D eigenvalue weighted by atomic mass is 19.4. The van der Waals surface area contributed by atoms with Crippen LogP contribution < -0.4 is 5.01 Å². The van der Waals surface area contributed by atoms with Crippen LogP contribution in [-0.4, -0.2) is 35.2 Å². The van der Waals surface area contributed by atoms with E-state index in [0.717, 1.165) is 12.1 Å². The average molecular weight is 288 g/mol. The molecule has 1 unspecified atom stereocenters. The van der Waals surface area contributed by atoms with E-state index in [1.807, 2.05) is 0 Å². The zero-order valence-corrected chi connectivity index (χ0v) is 10.9. The third kappa shape index (κ3) is 2.78. The molecule has 0 bridgehead atoms. The maximum absolute atomic E-state index is 12.7. The minimum Gasteiger partial charge on any atom is -0.395 e. The summed E-state index contributed by atoms with van der Waals surface area (Å²) in [4.78, 5) is 12.0. The molecular formula is C13H15F3N2O2. The number of nitrogens with zero attached hydrogens (tertiary/aromatic N) is 2. The highest BCUT2D eigenvalue weighted by molar-refractivity contribution is 5.95. The maximum Gasteiger partial charge on any atom is 0.416 e. The molecule has 1 fully saturated rings. The lowest BCUT2D eigenvalue weighted by molar-refractivity contribution is -0.137. The summed E-state index contributed by atoms with van der Waals surface area (Å²) in [6.07, 6.45) is -4.23. The Morgan fingerprint density at radius 1 is 1.40 bits per heavy atom. The van der Waals surface area contributed by atoms with Crippen LogP contribution >= 0.6 is 0 Å². The number of amides is 1. The second-order valence-corrected chi connectivity index (χ2v) is 4.69. The van der Waals surface area contributed by atoms with Gasteiger partial charge in [-0.15, -0.1) is 0 Å². The lowest BCUT2D eigenvalue weighted by atomic mass is 10.2. The van der Waals surface area contributed by atoms with E-state index < -0.39 is 11.7 Å². The number of rotatable bonds is 3. The molecule has 0 aromatic heterocycles. The summed E-state index contributed by atoms with van der Waals surface area (Å²) in [6, 6.07) is 4.48. The highest BCUT2D eigenvalue weighted by Gasteiger charge is 2.37.